The van der Waals surface area contributed by atoms with Crippen LogP contribution >= 0.6 is 11.3 Å². The Labute approximate surface area is 198 Å². The minimum absolute atomic E-state index is 0.0233. The molecule has 3 aromatic rings. The number of benzene rings is 1. The number of hydrogen-bond acceptors (Lipinski definition) is 7. The Balaban J connectivity index is 1.16. The number of carbonyl (C=O) groups is 1. The molecule has 1 amide bonds. The van der Waals surface area contributed by atoms with Crippen molar-refractivity contribution in [3.8, 4) is 0 Å². The van der Waals surface area contributed by atoms with Gasteiger partial charge in [0.1, 0.15) is 17.0 Å². The van der Waals surface area contributed by atoms with Gasteiger partial charge in [0.15, 0.2) is 0 Å². The average Bonchev–Trinajstić information content (AvgIpc) is 3.48. The van der Waals surface area contributed by atoms with Crippen LogP contribution in [0.2, 0.25) is 0 Å². The van der Waals surface area contributed by atoms with E-state index in [-0.39, 0.29) is 11.9 Å². The summed E-state index contributed by atoms with van der Waals surface area (Å²) in [4.78, 5) is 25.8. The van der Waals surface area contributed by atoms with E-state index in [2.05, 4.69) is 55.8 Å². The lowest BCUT2D eigenvalue weighted by atomic mass is 9.89. The van der Waals surface area contributed by atoms with E-state index in [1.54, 1.807) is 6.33 Å². The average molecular weight is 466 g/mol. The van der Waals surface area contributed by atoms with Crippen molar-refractivity contribution >= 4 is 33.3 Å². The molecule has 7 nitrogen and oxygen atoms in total. The maximum absolute atomic E-state index is 13.0. The number of carbonyl (C=O) groups excluding carboxylic acids is 1. The Kier molecular flexibility index (Phi) is 6.85. The molecule has 0 spiro atoms. The van der Waals surface area contributed by atoms with Crippen molar-refractivity contribution in [3.63, 3.8) is 0 Å². The molecule has 2 saturated heterocycles. The van der Waals surface area contributed by atoms with Crippen molar-refractivity contribution < 1.29 is 9.53 Å². The van der Waals surface area contributed by atoms with Gasteiger partial charge in [0.2, 0.25) is 0 Å². The van der Waals surface area contributed by atoms with E-state index in [1.807, 2.05) is 6.92 Å². The standard InChI is InChI=1S/C25H31N5O2S/c1-17-21-23(29-20-9-14-32-15-20)27-16-28-25(21)33-22(17)24(31)26-10-13-30-11-7-19(8-12-30)18-5-3-2-4-6-18/h2-6,16,19-20H,7-15H2,1H3,(H,26,31)(H,27,28,29)/t20-/m1/s1. The Morgan fingerprint density at radius 3 is 2.76 bits per heavy atom. The largest absolute Gasteiger partial charge is 0.379 e. The molecule has 1 aromatic carbocycles. The van der Waals surface area contributed by atoms with Gasteiger partial charge in [0, 0.05) is 19.7 Å². The highest BCUT2D eigenvalue weighted by atomic mass is 32.1. The topological polar surface area (TPSA) is 79.4 Å². The Hall–Kier alpha value is -2.55. The molecule has 2 aromatic heterocycles. The van der Waals surface area contributed by atoms with Gasteiger partial charge in [-0.3, -0.25) is 4.79 Å². The van der Waals surface area contributed by atoms with Crippen molar-refractivity contribution in [2.45, 2.75) is 38.1 Å². The normalized spacial score (nSPS) is 19.7. The molecule has 4 heterocycles. The van der Waals surface area contributed by atoms with Crippen LogP contribution in [0.25, 0.3) is 10.2 Å². The molecule has 2 fully saturated rings. The summed E-state index contributed by atoms with van der Waals surface area (Å²) in [7, 11) is 0. The molecule has 2 aliphatic heterocycles. The second-order valence-electron chi connectivity index (χ2n) is 8.95. The fraction of sp³-hybridized carbons (Fsp3) is 0.480. The molecule has 0 radical (unpaired) electrons. The van der Waals surface area contributed by atoms with Crippen LogP contribution in [0.15, 0.2) is 36.7 Å². The molecule has 0 unspecified atom stereocenters. The second kappa shape index (κ2) is 10.2. The minimum atomic E-state index is -0.0233. The van der Waals surface area contributed by atoms with Gasteiger partial charge in [-0.15, -0.1) is 11.3 Å². The van der Waals surface area contributed by atoms with Gasteiger partial charge in [-0.2, -0.15) is 0 Å². The van der Waals surface area contributed by atoms with Crippen molar-refractivity contribution in [3.05, 3.63) is 52.7 Å². The molecule has 1 atom stereocenters. The number of anilines is 1. The van der Waals surface area contributed by atoms with E-state index < -0.39 is 0 Å². The Bertz CT molecular complexity index is 1090. The SMILES string of the molecule is Cc1c(C(=O)NCCN2CCC(c3ccccc3)CC2)sc2ncnc(N[C@@H]3CCOC3)c12. The van der Waals surface area contributed by atoms with Crippen molar-refractivity contribution in [1.82, 2.24) is 20.2 Å². The van der Waals surface area contributed by atoms with E-state index in [1.165, 1.54) is 29.7 Å². The monoisotopic (exact) mass is 465 g/mol. The maximum Gasteiger partial charge on any atom is 0.261 e. The maximum atomic E-state index is 13.0. The zero-order valence-electron chi connectivity index (χ0n) is 19.0. The highest BCUT2D eigenvalue weighted by Gasteiger charge is 2.23. The van der Waals surface area contributed by atoms with Crippen LogP contribution in [0.5, 0.6) is 0 Å². The number of ether oxygens (including phenoxy) is 1. The predicted octanol–water partition coefficient (Wildman–Crippen LogP) is 3.81. The lowest BCUT2D eigenvalue weighted by Crippen LogP contribution is -2.39. The number of thiophene rings is 1. The summed E-state index contributed by atoms with van der Waals surface area (Å²) in [5, 5.41) is 7.54. The van der Waals surface area contributed by atoms with Crippen LogP contribution < -0.4 is 10.6 Å². The first-order valence-electron chi connectivity index (χ1n) is 11.8. The summed E-state index contributed by atoms with van der Waals surface area (Å²) in [6.45, 7) is 7.13. The Morgan fingerprint density at radius 2 is 2.00 bits per heavy atom. The van der Waals surface area contributed by atoms with Crippen LogP contribution in [-0.2, 0) is 4.74 Å². The second-order valence-corrected chi connectivity index (χ2v) is 9.95. The van der Waals surface area contributed by atoms with Gasteiger partial charge in [-0.05, 0) is 56.3 Å². The van der Waals surface area contributed by atoms with Gasteiger partial charge >= 0.3 is 0 Å². The number of hydrogen-bond donors (Lipinski definition) is 2. The van der Waals surface area contributed by atoms with Crippen molar-refractivity contribution in [1.29, 1.82) is 0 Å². The van der Waals surface area contributed by atoms with Crippen LogP contribution in [0.4, 0.5) is 5.82 Å². The van der Waals surface area contributed by atoms with Crippen LogP contribution in [0.3, 0.4) is 0 Å². The molecular formula is C25H31N5O2S. The smallest absolute Gasteiger partial charge is 0.261 e. The van der Waals surface area contributed by atoms with Gasteiger partial charge in [-0.1, -0.05) is 30.3 Å². The molecule has 33 heavy (non-hydrogen) atoms. The van der Waals surface area contributed by atoms with Crippen molar-refractivity contribution in [2.75, 3.05) is 44.7 Å². The predicted molar refractivity (Wildman–Crippen MR) is 132 cm³/mol. The highest BCUT2D eigenvalue weighted by Crippen LogP contribution is 2.34. The van der Waals surface area contributed by atoms with E-state index in [4.69, 9.17) is 4.74 Å². The lowest BCUT2D eigenvalue weighted by molar-refractivity contribution is 0.0949. The number of likely N-dealkylation sites (tertiary alicyclic amines) is 1. The highest BCUT2D eigenvalue weighted by molar-refractivity contribution is 7.20. The van der Waals surface area contributed by atoms with Gasteiger partial charge in [-0.25, -0.2) is 9.97 Å². The third-order valence-corrected chi connectivity index (χ3v) is 7.97. The molecule has 5 rings (SSSR count). The molecule has 174 valence electrons. The minimum Gasteiger partial charge on any atom is -0.379 e. The zero-order chi connectivity index (χ0) is 22.6. The van der Waals surface area contributed by atoms with E-state index in [9.17, 15) is 4.79 Å². The number of nitrogens with zero attached hydrogens (tertiary/aromatic N) is 3. The van der Waals surface area contributed by atoms with E-state index in [0.29, 0.717) is 19.1 Å². The summed E-state index contributed by atoms with van der Waals surface area (Å²) >= 11 is 1.44. The molecule has 0 bridgehead atoms. The number of piperidine rings is 1. The first-order valence-corrected chi connectivity index (χ1v) is 12.6. The van der Waals surface area contributed by atoms with Crippen molar-refractivity contribution in [2.24, 2.45) is 0 Å². The van der Waals surface area contributed by atoms with Crippen LogP contribution in [0, 0.1) is 6.92 Å². The van der Waals surface area contributed by atoms with E-state index in [0.717, 1.165) is 59.1 Å². The lowest BCUT2D eigenvalue weighted by Gasteiger charge is -2.32. The summed E-state index contributed by atoms with van der Waals surface area (Å²) in [6.07, 6.45) is 4.88. The first-order chi connectivity index (χ1) is 16.2. The van der Waals surface area contributed by atoms with Gasteiger partial charge in [0.05, 0.1) is 22.9 Å². The third kappa shape index (κ3) is 5.03. The molecule has 0 aliphatic carbocycles. The summed E-state index contributed by atoms with van der Waals surface area (Å²) in [5.41, 5.74) is 2.39. The molecular weight excluding hydrogens is 434 g/mol. The quantitative estimate of drug-likeness (QED) is 0.552. The van der Waals surface area contributed by atoms with Gasteiger partial charge in [0.25, 0.3) is 5.91 Å². The molecule has 0 saturated carbocycles. The summed E-state index contributed by atoms with van der Waals surface area (Å²) in [5.74, 6) is 1.42. The summed E-state index contributed by atoms with van der Waals surface area (Å²) in [6, 6.07) is 11.1. The molecule has 8 heteroatoms. The number of amides is 1. The third-order valence-electron chi connectivity index (χ3n) is 6.78. The zero-order valence-corrected chi connectivity index (χ0v) is 19.9. The number of aryl methyl sites for hydroxylation is 1. The molecule has 2 N–H and O–H groups in total. The van der Waals surface area contributed by atoms with E-state index >= 15 is 0 Å². The number of rotatable bonds is 7. The number of fused-ring (bicyclic) bond motifs is 1. The van der Waals surface area contributed by atoms with Gasteiger partial charge < -0.3 is 20.3 Å². The summed E-state index contributed by atoms with van der Waals surface area (Å²) < 4.78 is 5.47. The first kappa shape index (κ1) is 22.3. The fourth-order valence-electron chi connectivity index (χ4n) is 4.86. The van der Waals surface area contributed by atoms with Crippen LogP contribution in [0.1, 0.15) is 46.0 Å². The number of nitrogens with one attached hydrogen (secondary N) is 2. The fourth-order valence-corrected chi connectivity index (χ4v) is 5.93. The Morgan fingerprint density at radius 1 is 1.18 bits per heavy atom. The number of aromatic nitrogens is 2. The van der Waals surface area contributed by atoms with Crippen LogP contribution in [-0.4, -0.2) is 66.2 Å². The molecule has 2 aliphatic rings.